The van der Waals surface area contributed by atoms with E-state index in [9.17, 15) is 8.42 Å². The van der Waals surface area contributed by atoms with Crippen LogP contribution < -0.4 is 9.46 Å². The summed E-state index contributed by atoms with van der Waals surface area (Å²) in [6.45, 7) is 0.251. The van der Waals surface area contributed by atoms with Crippen LogP contribution in [0.1, 0.15) is 5.56 Å². The summed E-state index contributed by atoms with van der Waals surface area (Å²) in [4.78, 5) is 3.80. The molecule has 0 unspecified atom stereocenters. The molecule has 0 amide bonds. The standard InChI is InChI=1S/C11H15N5O3S/c1-16(8-9-6-4-3-5-7-9)20(17,18)15-10-12-11(19-2)14-13-10/h3-7H,8H2,1-2H3,(H2,12,13,14,15). The molecule has 1 heterocycles. The van der Waals surface area contributed by atoms with Crippen molar-refractivity contribution in [1.29, 1.82) is 0 Å². The Morgan fingerprint density at radius 2 is 2.05 bits per heavy atom. The van der Waals surface area contributed by atoms with Crippen LogP contribution in [0.4, 0.5) is 5.95 Å². The molecule has 0 atom stereocenters. The van der Waals surface area contributed by atoms with Crippen molar-refractivity contribution in [3.8, 4) is 6.01 Å². The molecule has 0 aliphatic heterocycles. The summed E-state index contributed by atoms with van der Waals surface area (Å²) in [5, 5.41) is 6.09. The monoisotopic (exact) mass is 297 g/mol. The van der Waals surface area contributed by atoms with Crippen LogP contribution in [0, 0.1) is 0 Å². The van der Waals surface area contributed by atoms with E-state index in [-0.39, 0.29) is 18.5 Å². The van der Waals surface area contributed by atoms with Crippen molar-refractivity contribution >= 4 is 16.2 Å². The number of hydrogen-bond acceptors (Lipinski definition) is 5. The second kappa shape index (κ2) is 5.88. The zero-order chi connectivity index (χ0) is 14.6. The fraction of sp³-hybridized carbons (Fsp3) is 0.273. The maximum absolute atomic E-state index is 12.1. The minimum atomic E-state index is -3.71. The average molecular weight is 297 g/mol. The summed E-state index contributed by atoms with van der Waals surface area (Å²) in [6, 6.07) is 9.34. The highest BCUT2D eigenvalue weighted by Crippen LogP contribution is 2.11. The molecule has 2 aromatic rings. The number of aromatic nitrogens is 3. The number of nitrogens with one attached hydrogen (secondary N) is 2. The normalized spacial score (nSPS) is 11.6. The van der Waals surface area contributed by atoms with Crippen LogP contribution in [-0.4, -0.2) is 42.1 Å². The topological polar surface area (TPSA) is 100 Å². The number of aromatic amines is 1. The van der Waals surface area contributed by atoms with Gasteiger partial charge in [0.25, 0.3) is 0 Å². The lowest BCUT2D eigenvalue weighted by Crippen LogP contribution is -2.32. The van der Waals surface area contributed by atoms with Crippen LogP contribution in [0.2, 0.25) is 0 Å². The van der Waals surface area contributed by atoms with Crippen molar-refractivity contribution in [2.45, 2.75) is 6.54 Å². The van der Waals surface area contributed by atoms with Gasteiger partial charge >= 0.3 is 16.2 Å². The first-order chi connectivity index (χ1) is 9.51. The number of methoxy groups -OCH3 is 1. The Hall–Kier alpha value is -2.13. The van der Waals surface area contributed by atoms with Crippen LogP contribution in [-0.2, 0) is 16.8 Å². The first-order valence-electron chi connectivity index (χ1n) is 5.75. The molecule has 0 aliphatic carbocycles. The minimum absolute atomic E-state index is 0.00163. The summed E-state index contributed by atoms with van der Waals surface area (Å²) in [6.07, 6.45) is 0. The van der Waals surface area contributed by atoms with Crippen LogP contribution in [0.3, 0.4) is 0 Å². The van der Waals surface area contributed by atoms with Crippen molar-refractivity contribution in [2.75, 3.05) is 18.9 Å². The molecular formula is C11H15N5O3S. The molecule has 0 aliphatic rings. The van der Waals surface area contributed by atoms with E-state index in [0.717, 1.165) is 5.56 Å². The molecular weight excluding hydrogens is 282 g/mol. The van der Waals surface area contributed by atoms with Gasteiger partial charge in [-0.05, 0) is 5.56 Å². The molecule has 0 bridgehead atoms. The summed E-state index contributed by atoms with van der Waals surface area (Å²) in [5.74, 6) is 0.00163. The molecule has 1 aromatic carbocycles. The molecule has 0 saturated carbocycles. The predicted molar refractivity (Wildman–Crippen MR) is 73.4 cm³/mol. The lowest BCUT2D eigenvalue weighted by molar-refractivity contribution is 0.382. The van der Waals surface area contributed by atoms with Crippen molar-refractivity contribution in [1.82, 2.24) is 19.5 Å². The van der Waals surface area contributed by atoms with E-state index in [1.807, 2.05) is 30.3 Å². The number of nitrogens with zero attached hydrogens (tertiary/aromatic N) is 3. The largest absolute Gasteiger partial charge is 0.466 e. The third-order valence-corrected chi connectivity index (χ3v) is 3.93. The fourth-order valence-corrected chi connectivity index (χ4v) is 2.32. The van der Waals surface area contributed by atoms with Gasteiger partial charge in [-0.1, -0.05) is 30.3 Å². The van der Waals surface area contributed by atoms with Gasteiger partial charge in [0.05, 0.1) is 7.11 Å². The molecule has 20 heavy (non-hydrogen) atoms. The van der Waals surface area contributed by atoms with Crippen molar-refractivity contribution < 1.29 is 13.2 Å². The fourth-order valence-electron chi connectivity index (χ4n) is 1.51. The average Bonchev–Trinajstić information content (AvgIpc) is 2.86. The van der Waals surface area contributed by atoms with E-state index in [0.29, 0.717) is 0 Å². The maximum atomic E-state index is 12.1. The van der Waals surface area contributed by atoms with Gasteiger partial charge in [-0.25, -0.2) is 9.82 Å². The molecule has 1 aromatic heterocycles. The van der Waals surface area contributed by atoms with Gasteiger partial charge in [-0.15, -0.1) is 5.10 Å². The quantitative estimate of drug-likeness (QED) is 0.813. The van der Waals surface area contributed by atoms with Gasteiger partial charge in [0.1, 0.15) is 0 Å². The Bertz CT molecular complexity index is 656. The highest BCUT2D eigenvalue weighted by atomic mass is 32.2. The molecule has 2 rings (SSSR count). The van der Waals surface area contributed by atoms with Gasteiger partial charge in [-0.2, -0.15) is 17.7 Å². The Morgan fingerprint density at radius 3 is 2.65 bits per heavy atom. The van der Waals surface area contributed by atoms with Gasteiger partial charge in [0, 0.05) is 13.6 Å². The number of ether oxygens (including phenoxy) is 1. The van der Waals surface area contributed by atoms with E-state index in [1.54, 1.807) is 0 Å². The highest BCUT2D eigenvalue weighted by molar-refractivity contribution is 7.90. The highest BCUT2D eigenvalue weighted by Gasteiger charge is 2.19. The van der Waals surface area contributed by atoms with E-state index in [2.05, 4.69) is 19.9 Å². The van der Waals surface area contributed by atoms with E-state index in [4.69, 9.17) is 4.74 Å². The smallest absolute Gasteiger partial charge is 0.336 e. The number of hydrogen-bond donors (Lipinski definition) is 2. The summed E-state index contributed by atoms with van der Waals surface area (Å²) in [5.41, 5.74) is 0.885. The van der Waals surface area contributed by atoms with E-state index in [1.165, 1.54) is 18.5 Å². The van der Waals surface area contributed by atoms with Crippen molar-refractivity contribution in [3.63, 3.8) is 0 Å². The van der Waals surface area contributed by atoms with Crippen LogP contribution in [0.15, 0.2) is 30.3 Å². The minimum Gasteiger partial charge on any atom is -0.466 e. The van der Waals surface area contributed by atoms with Gasteiger partial charge < -0.3 is 4.74 Å². The van der Waals surface area contributed by atoms with Gasteiger partial charge in [0.15, 0.2) is 0 Å². The number of H-pyrrole nitrogens is 1. The first kappa shape index (κ1) is 14.3. The van der Waals surface area contributed by atoms with Crippen molar-refractivity contribution in [3.05, 3.63) is 35.9 Å². The summed E-state index contributed by atoms with van der Waals surface area (Å²) in [7, 11) is -0.845. The zero-order valence-electron chi connectivity index (χ0n) is 11.1. The molecule has 0 radical (unpaired) electrons. The predicted octanol–water partition coefficient (Wildman–Crippen LogP) is 0.602. The Morgan fingerprint density at radius 1 is 1.35 bits per heavy atom. The first-order valence-corrected chi connectivity index (χ1v) is 7.19. The lowest BCUT2D eigenvalue weighted by atomic mass is 10.2. The van der Waals surface area contributed by atoms with Crippen LogP contribution in [0.5, 0.6) is 6.01 Å². The lowest BCUT2D eigenvalue weighted by Gasteiger charge is -2.16. The molecule has 2 N–H and O–H groups in total. The third-order valence-electron chi connectivity index (χ3n) is 2.53. The summed E-state index contributed by atoms with van der Waals surface area (Å²) < 4.78 is 32.4. The van der Waals surface area contributed by atoms with Gasteiger partial charge in [-0.3, -0.25) is 0 Å². The second-order valence-corrected chi connectivity index (χ2v) is 5.80. The Balaban J connectivity index is 2.05. The van der Waals surface area contributed by atoms with Gasteiger partial charge in [0.2, 0.25) is 5.95 Å². The second-order valence-electron chi connectivity index (χ2n) is 4.02. The molecule has 0 spiro atoms. The third kappa shape index (κ3) is 3.45. The van der Waals surface area contributed by atoms with Crippen molar-refractivity contribution in [2.24, 2.45) is 0 Å². The number of benzene rings is 1. The molecule has 108 valence electrons. The van der Waals surface area contributed by atoms with E-state index >= 15 is 0 Å². The molecule has 8 nitrogen and oxygen atoms in total. The maximum Gasteiger partial charge on any atom is 0.336 e. The Labute approximate surface area is 117 Å². The molecule has 9 heteroatoms. The van der Waals surface area contributed by atoms with E-state index < -0.39 is 10.2 Å². The van der Waals surface area contributed by atoms with Crippen LogP contribution >= 0.6 is 0 Å². The zero-order valence-corrected chi connectivity index (χ0v) is 11.9. The van der Waals surface area contributed by atoms with Crippen LogP contribution in [0.25, 0.3) is 0 Å². The number of rotatable bonds is 6. The molecule has 0 fully saturated rings. The number of anilines is 1. The SMILES string of the molecule is COc1n[nH]c(NS(=O)(=O)N(C)Cc2ccccc2)n1. The summed E-state index contributed by atoms with van der Waals surface area (Å²) >= 11 is 0. The molecule has 0 saturated heterocycles. The Kier molecular flexibility index (Phi) is 4.20.